The summed E-state index contributed by atoms with van der Waals surface area (Å²) in [6, 6.07) is 0. The zero-order valence-electron chi connectivity index (χ0n) is 11.8. The van der Waals surface area contributed by atoms with Gasteiger partial charge in [-0.25, -0.2) is 0 Å². The van der Waals surface area contributed by atoms with E-state index >= 15 is 0 Å². The monoisotopic (exact) mass is 256 g/mol. The van der Waals surface area contributed by atoms with Crippen molar-refractivity contribution in [2.75, 3.05) is 53.5 Å². The molecular weight excluding hydrogens is 228 g/mol. The minimum absolute atomic E-state index is 0.168. The first-order valence-corrected chi connectivity index (χ1v) is 7.28. The average molecular weight is 256 g/mol. The highest BCUT2D eigenvalue weighted by atomic mass is 16.5. The van der Waals surface area contributed by atoms with E-state index < -0.39 is 0 Å². The minimum Gasteiger partial charge on any atom is -0.393 e. The van der Waals surface area contributed by atoms with Crippen LogP contribution in [0.4, 0.5) is 0 Å². The summed E-state index contributed by atoms with van der Waals surface area (Å²) < 4.78 is 5.46. The van der Waals surface area contributed by atoms with E-state index in [1.54, 1.807) is 0 Å². The molecule has 0 aromatic carbocycles. The molecule has 0 aromatic heterocycles. The first kappa shape index (κ1) is 14.3. The van der Waals surface area contributed by atoms with Gasteiger partial charge < -0.3 is 19.6 Å². The molecule has 0 saturated carbocycles. The number of aliphatic hydroxyl groups excluding tert-OH is 1. The molecule has 2 atom stereocenters. The van der Waals surface area contributed by atoms with E-state index in [4.69, 9.17) is 4.74 Å². The van der Waals surface area contributed by atoms with Crippen molar-refractivity contribution in [3.63, 3.8) is 0 Å². The fraction of sp³-hybridized carbons (Fsp3) is 1.00. The fourth-order valence-electron chi connectivity index (χ4n) is 3.12. The Bertz CT molecular complexity index is 242. The maximum absolute atomic E-state index is 9.95. The summed E-state index contributed by atoms with van der Waals surface area (Å²) in [4.78, 5) is 4.80. The van der Waals surface area contributed by atoms with Gasteiger partial charge in [-0.3, -0.25) is 0 Å². The van der Waals surface area contributed by atoms with Gasteiger partial charge in [0.05, 0.1) is 12.7 Å². The Morgan fingerprint density at radius 2 is 1.94 bits per heavy atom. The van der Waals surface area contributed by atoms with Crippen LogP contribution in [-0.4, -0.2) is 74.5 Å². The van der Waals surface area contributed by atoms with Crippen LogP contribution >= 0.6 is 0 Å². The second-order valence-corrected chi connectivity index (χ2v) is 6.16. The summed E-state index contributed by atoms with van der Waals surface area (Å²) in [5.74, 6) is 1.13. The molecule has 2 aliphatic rings. The molecule has 2 saturated heterocycles. The van der Waals surface area contributed by atoms with Crippen LogP contribution in [0.2, 0.25) is 0 Å². The van der Waals surface area contributed by atoms with Crippen LogP contribution in [0.1, 0.15) is 19.3 Å². The van der Waals surface area contributed by atoms with Crippen LogP contribution in [0.15, 0.2) is 0 Å². The molecule has 0 aromatic rings. The predicted octanol–water partition coefficient (Wildman–Crippen LogP) is 0.657. The number of piperidine rings is 1. The Morgan fingerprint density at radius 3 is 2.61 bits per heavy atom. The van der Waals surface area contributed by atoms with Crippen LogP contribution in [0.5, 0.6) is 0 Å². The number of ether oxygens (including phenoxy) is 1. The summed E-state index contributed by atoms with van der Waals surface area (Å²) in [5, 5.41) is 9.95. The second kappa shape index (κ2) is 6.85. The molecule has 4 nitrogen and oxygen atoms in total. The van der Waals surface area contributed by atoms with Crippen LogP contribution in [0, 0.1) is 11.8 Å². The molecule has 0 spiro atoms. The van der Waals surface area contributed by atoms with Gasteiger partial charge >= 0.3 is 0 Å². The Labute approximate surface area is 111 Å². The topological polar surface area (TPSA) is 35.9 Å². The second-order valence-electron chi connectivity index (χ2n) is 6.16. The maximum Gasteiger partial charge on any atom is 0.0624 e. The van der Waals surface area contributed by atoms with Crippen molar-refractivity contribution in [2.45, 2.75) is 25.4 Å². The standard InChI is InChI=1S/C14H28N2O2/c1-15-6-3-12(4-7-15)9-16(2)10-13-11-18-8-5-14(13)17/h12-14,17H,3-11H2,1-2H3. The molecule has 0 amide bonds. The fourth-order valence-corrected chi connectivity index (χ4v) is 3.12. The van der Waals surface area contributed by atoms with Crippen molar-refractivity contribution >= 4 is 0 Å². The highest BCUT2D eigenvalue weighted by Crippen LogP contribution is 2.19. The molecule has 4 heteroatoms. The van der Waals surface area contributed by atoms with Gasteiger partial charge in [-0.1, -0.05) is 0 Å². The molecule has 0 bridgehead atoms. The van der Waals surface area contributed by atoms with E-state index in [1.165, 1.54) is 25.9 Å². The van der Waals surface area contributed by atoms with E-state index in [2.05, 4.69) is 23.9 Å². The molecule has 2 aliphatic heterocycles. The van der Waals surface area contributed by atoms with Gasteiger partial charge in [0.25, 0.3) is 0 Å². The van der Waals surface area contributed by atoms with Gasteiger partial charge in [0, 0.05) is 25.6 Å². The van der Waals surface area contributed by atoms with E-state index in [9.17, 15) is 5.11 Å². The normalized spacial score (nSPS) is 32.0. The van der Waals surface area contributed by atoms with Crippen molar-refractivity contribution in [3.8, 4) is 0 Å². The Morgan fingerprint density at radius 1 is 1.22 bits per heavy atom. The lowest BCUT2D eigenvalue weighted by atomic mass is 9.95. The zero-order valence-corrected chi connectivity index (χ0v) is 11.8. The van der Waals surface area contributed by atoms with Crippen molar-refractivity contribution in [1.82, 2.24) is 9.80 Å². The lowest BCUT2D eigenvalue weighted by Crippen LogP contribution is -2.42. The van der Waals surface area contributed by atoms with E-state index in [-0.39, 0.29) is 6.10 Å². The van der Waals surface area contributed by atoms with Crippen LogP contribution in [0.3, 0.4) is 0 Å². The third-order valence-electron chi connectivity index (χ3n) is 4.39. The van der Waals surface area contributed by atoms with Gasteiger partial charge in [-0.2, -0.15) is 0 Å². The lowest BCUT2D eigenvalue weighted by molar-refractivity contribution is -0.0459. The number of hydrogen-bond donors (Lipinski definition) is 1. The molecule has 106 valence electrons. The van der Waals surface area contributed by atoms with Crippen LogP contribution in [-0.2, 0) is 4.74 Å². The Hall–Kier alpha value is -0.160. The Balaban J connectivity index is 1.69. The third kappa shape index (κ3) is 4.19. The van der Waals surface area contributed by atoms with Gasteiger partial charge in [0.1, 0.15) is 0 Å². The molecule has 2 unspecified atom stereocenters. The van der Waals surface area contributed by atoms with Crippen LogP contribution in [0.25, 0.3) is 0 Å². The maximum atomic E-state index is 9.95. The van der Waals surface area contributed by atoms with E-state index in [0.29, 0.717) is 5.92 Å². The lowest BCUT2D eigenvalue weighted by Gasteiger charge is -2.35. The Kier molecular flexibility index (Phi) is 5.42. The first-order valence-electron chi connectivity index (χ1n) is 7.28. The SMILES string of the molecule is CN1CCC(CN(C)CC2COCCC2O)CC1. The molecule has 18 heavy (non-hydrogen) atoms. The molecule has 0 aliphatic carbocycles. The summed E-state index contributed by atoms with van der Waals surface area (Å²) in [6.07, 6.45) is 3.25. The highest BCUT2D eigenvalue weighted by molar-refractivity contribution is 4.78. The number of likely N-dealkylation sites (tertiary alicyclic amines) is 1. The van der Waals surface area contributed by atoms with Gasteiger partial charge in [0.2, 0.25) is 0 Å². The minimum atomic E-state index is -0.168. The number of hydrogen-bond acceptors (Lipinski definition) is 4. The van der Waals surface area contributed by atoms with E-state index in [0.717, 1.165) is 38.6 Å². The predicted molar refractivity (Wildman–Crippen MR) is 72.7 cm³/mol. The molecule has 2 fully saturated rings. The van der Waals surface area contributed by atoms with Crippen LogP contribution < -0.4 is 0 Å². The van der Waals surface area contributed by atoms with Crippen molar-refractivity contribution in [3.05, 3.63) is 0 Å². The van der Waals surface area contributed by atoms with E-state index in [1.807, 2.05) is 0 Å². The van der Waals surface area contributed by atoms with Gasteiger partial charge in [-0.15, -0.1) is 0 Å². The number of aliphatic hydroxyl groups is 1. The molecule has 2 heterocycles. The average Bonchev–Trinajstić information content (AvgIpc) is 2.35. The third-order valence-corrected chi connectivity index (χ3v) is 4.39. The zero-order chi connectivity index (χ0) is 13.0. The molecule has 1 N–H and O–H groups in total. The summed E-state index contributed by atoms with van der Waals surface area (Å²) >= 11 is 0. The number of nitrogens with zero attached hydrogens (tertiary/aromatic N) is 2. The summed E-state index contributed by atoms with van der Waals surface area (Å²) in [7, 11) is 4.38. The summed E-state index contributed by atoms with van der Waals surface area (Å²) in [5.41, 5.74) is 0. The van der Waals surface area contributed by atoms with Crippen molar-refractivity contribution < 1.29 is 9.84 Å². The largest absolute Gasteiger partial charge is 0.393 e. The van der Waals surface area contributed by atoms with Gasteiger partial charge in [-0.05, 0) is 52.4 Å². The quantitative estimate of drug-likeness (QED) is 0.801. The highest BCUT2D eigenvalue weighted by Gasteiger charge is 2.26. The number of rotatable bonds is 4. The summed E-state index contributed by atoms with van der Waals surface area (Å²) in [6.45, 7) is 6.03. The van der Waals surface area contributed by atoms with Crippen molar-refractivity contribution in [2.24, 2.45) is 11.8 Å². The van der Waals surface area contributed by atoms with Gasteiger partial charge in [0.15, 0.2) is 0 Å². The first-order chi connectivity index (χ1) is 8.65. The molecular formula is C14H28N2O2. The molecule has 2 rings (SSSR count). The molecule has 0 radical (unpaired) electrons. The smallest absolute Gasteiger partial charge is 0.0624 e. The van der Waals surface area contributed by atoms with Crippen molar-refractivity contribution in [1.29, 1.82) is 0 Å².